The number of aryl methyl sites for hydroxylation is 1. The average molecular weight is 388 g/mol. The van der Waals surface area contributed by atoms with Gasteiger partial charge in [-0.15, -0.1) is 16.4 Å². The molecule has 28 heavy (non-hydrogen) atoms. The number of nitrogens with zero attached hydrogens (tertiary/aromatic N) is 1. The highest BCUT2D eigenvalue weighted by Crippen LogP contribution is 2.46. The van der Waals surface area contributed by atoms with Crippen LogP contribution in [0.5, 0.6) is 0 Å². The number of halogens is 1. The largest absolute Gasteiger partial charge is 0.275 e. The molecule has 1 saturated carbocycles. The zero-order valence-corrected chi connectivity index (χ0v) is 16.4. The first-order chi connectivity index (χ1) is 13.7. The topological polar surface area (TPSA) is 28.7 Å². The number of hydrogen-bond donors (Lipinski definition) is 1. The second kappa shape index (κ2) is 7.02. The van der Waals surface area contributed by atoms with E-state index in [0.717, 1.165) is 22.2 Å². The van der Waals surface area contributed by atoms with Gasteiger partial charge in [-0.3, -0.25) is 5.10 Å². The van der Waals surface area contributed by atoms with Crippen molar-refractivity contribution in [1.82, 2.24) is 10.2 Å². The van der Waals surface area contributed by atoms with Crippen molar-refractivity contribution >= 4 is 33.4 Å². The molecule has 0 spiro atoms. The molecule has 0 atom stereocenters. The number of nitrogens with one attached hydrogen (secondary N) is 1. The van der Waals surface area contributed by atoms with Crippen molar-refractivity contribution < 1.29 is 4.39 Å². The molecule has 1 aliphatic rings. The normalized spacial score (nSPS) is 15.5. The fourth-order valence-corrected chi connectivity index (χ4v) is 4.78. The Labute approximate surface area is 167 Å². The molecule has 1 fully saturated rings. The van der Waals surface area contributed by atoms with Gasteiger partial charge in [-0.25, -0.2) is 0 Å². The summed E-state index contributed by atoms with van der Waals surface area (Å²) in [6, 6.07) is 19.6. The van der Waals surface area contributed by atoms with E-state index in [9.17, 15) is 4.39 Å². The standard InChI is InChI=1S/C24H20FN2S/c1-15-19(12-13-28-15)23(17-8-5-9-17)22(16-6-3-2-4-7-16)18-10-11-21-20(14-18)24(25)27-26-21/h2-4,6,10-14,17H,5,8-9H2,1H3,(H,26,27)/b23-22+. The van der Waals surface area contributed by atoms with Gasteiger partial charge in [-0.2, -0.15) is 4.39 Å². The summed E-state index contributed by atoms with van der Waals surface area (Å²) >= 11 is 1.78. The summed E-state index contributed by atoms with van der Waals surface area (Å²) in [6.45, 7) is 2.18. The van der Waals surface area contributed by atoms with Gasteiger partial charge < -0.3 is 0 Å². The molecule has 139 valence electrons. The molecule has 5 rings (SSSR count). The Kier molecular flexibility index (Phi) is 4.36. The number of aromatic nitrogens is 2. The highest BCUT2D eigenvalue weighted by atomic mass is 32.1. The Morgan fingerprint density at radius 2 is 2.11 bits per heavy atom. The van der Waals surface area contributed by atoms with Crippen LogP contribution in [0, 0.1) is 24.9 Å². The molecule has 0 unspecified atom stereocenters. The monoisotopic (exact) mass is 387 g/mol. The lowest BCUT2D eigenvalue weighted by Crippen LogP contribution is -2.15. The lowest BCUT2D eigenvalue weighted by Gasteiger charge is -2.31. The van der Waals surface area contributed by atoms with Crippen LogP contribution in [0.25, 0.3) is 22.0 Å². The Balaban J connectivity index is 1.83. The van der Waals surface area contributed by atoms with Crippen molar-refractivity contribution in [2.75, 3.05) is 0 Å². The first kappa shape index (κ1) is 17.4. The Bertz CT molecular complexity index is 1170. The van der Waals surface area contributed by atoms with Crippen LogP contribution in [0.2, 0.25) is 0 Å². The summed E-state index contributed by atoms with van der Waals surface area (Å²) in [7, 11) is 0. The van der Waals surface area contributed by atoms with Crippen LogP contribution >= 0.6 is 11.3 Å². The average Bonchev–Trinajstić information content (AvgIpc) is 3.26. The minimum absolute atomic E-state index is 0.454. The van der Waals surface area contributed by atoms with E-state index in [0.29, 0.717) is 11.3 Å². The number of benzene rings is 2. The zero-order chi connectivity index (χ0) is 19.1. The molecule has 1 radical (unpaired) electrons. The summed E-state index contributed by atoms with van der Waals surface area (Å²) in [5.74, 6) is 0.0759. The van der Waals surface area contributed by atoms with Gasteiger partial charge in [0.2, 0.25) is 5.95 Å². The second-order valence-electron chi connectivity index (χ2n) is 7.36. The molecule has 2 nitrogen and oxygen atoms in total. The summed E-state index contributed by atoms with van der Waals surface area (Å²) < 4.78 is 14.2. The van der Waals surface area contributed by atoms with Gasteiger partial charge in [-0.05, 0) is 83.2 Å². The molecular formula is C24H20FN2S. The van der Waals surface area contributed by atoms with Crippen molar-refractivity contribution in [1.29, 1.82) is 0 Å². The highest BCUT2D eigenvalue weighted by Gasteiger charge is 2.28. The van der Waals surface area contributed by atoms with E-state index in [-0.39, 0.29) is 0 Å². The third kappa shape index (κ3) is 2.89. The molecule has 4 aromatic rings. The van der Waals surface area contributed by atoms with Crippen LogP contribution in [0.3, 0.4) is 0 Å². The fourth-order valence-electron chi connectivity index (χ4n) is 4.06. The maximum Gasteiger partial charge on any atom is 0.240 e. The van der Waals surface area contributed by atoms with Crippen molar-refractivity contribution in [3.8, 4) is 0 Å². The summed E-state index contributed by atoms with van der Waals surface area (Å²) in [5.41, 5.74) is 6.63. The molecule has 4 heteroatoms. The lowest BCUT2D eigenvalue weighted by atomic mass is 9.73. The molecule has 2 aromatic heterocycles. The SMILES string of the molecule is Cc1sccc1/C(=C(\c1[c]cccc1)c1ccc2[nH]nc(F)c2c1)C1CCC1. The van der Waals surface area contributed by atoms with Gasteiger partial charge >= 0.3 is 0 Å². The predicted octanol–water partition coefficient (Wildman–Crippen LogP) is 6.63. The minimum atomic E-state index is -0.454. The molecule has 2 aromatic carbocycles. The number of fused-ring (bicyclic) bond motifs is 1. The third-order valence-corrected chi connectivity index (χ3v) is 6.56. The quantitative estimate of drug-likeness (QED) is 0.418. The maximum atomic E-state index is 14.2. The number of hydrogen-bond acceptors (Lipinski definition) is 2. The third-order valence-electron chi connectivity index (χ3n) is 5.72. The van der Waals surface area contributed by atoms with E-state index in [2.05, 4.69) is 46.8 Å². The Morgan fingerprint density at radius 3 is 2.79 bits per heavy atom. The van der Waals surface area contributed by atoms with Gasteiger partial charge in [0, 0.05) is 4.88 Å². The molecular weight excluding hydrogens is 367 g/mol. The molecule has 2 heterocycles. The van der Waals surface area contributed by atoms with Gasteiger partial charge in [0.1, 0.15) is 0 Å². The Morgan fingerprint density at radius 1 is 1.21 bits per heavy atom. The predicted molar refractivity (Wildman–Crippen MR) is 114 cm³/mol. The van der Waals surface area contributed by atoms with E-state index in [4.69, 9.17) is 0 Å². The van der Waals surface area contributed by atoms with Crippen LogP contribution in [0.1, 0.15) is 40.8 Å². The van der Waals surface area contributed by atoms with Crippen LogP contribution in [-0.2, 0) is 0 Å². The lowest BCUT2D eigenvalue weighted by molar-refractivity contribution is 0.401. The number of thiophene rings is 1. The highest BCUT2D eigenvalue weighted by molar-refractivity contribution is 7.10. The van der Waals surface area contributed by atoms with E-state index in [1.807, 2.05) is 30.3 Å². The number of H-pyrrole nitrogens is 1. The Hall–Kier alpha value is -2.72. The molecule has 1 aliphatic carbocycles. The zero-order valence-electron chi connectivity index (χ0n) is 15.6. The molecule has 0 bridgehead atoms. The van der Waals surface area contributed by atoms with E-state index in [1.54, 1.807) is 11.3 Å². The van der Waals surface area contributed by atoms with Gasteiger partial charge in [-0.1, -0.05) is 36.8 Å². The van der Waals surface area contributed by atoms with Crippen molar-refractivity contribution in [2.45, 2.75) is 26.2 Å². The van der Waals surface area contributed by atoms with E-state index < -0.39 is 5.95 Å². The smallest absolute Gasteiger partial charge is 0.240 e. The van der Waals surface area contributed by atoms with E-state index in [1.165, 1.54) is 35.3 Å². The number of allylic oxidation sites excluding steroid dienone is 1. The van der Waals surface area contributed by atoms with E-state index >= 15 is 0 Å². The van der Waals surface area contributed by atoms with Crippen LogP contribution in [0.15, 0.2) is 53.9 Å². The van der Waals surface area contributed by atoms with Crippen LogP contribution in [-0.4, -0.2) is 10.2 Å². The first-order valence-electron chi connectivity index (χ1n) is 9.62. The first-order valence-corrected chi connectivity index (χ1v) is 10.5. The van der Waals surface area contributed by atoms with Gasteiger partial charge in [0.25, 0.3) is 0 Å². The second-order valence-corrected chi connectivity index (χ2v) is 8.48. The minimum Gasteiger partial charge on any atom is -0.275 e. The molecule has 0 saturated heterocycles. The number of rotatable bonds is 4. The van der Waals surface area contributed by atoms with Gasteiger partial charge in [0.15, 0.2) is 0 Å². The van der Waals surface area contributed by atoms with Crippen molar-refractivity contribution in [2.24, 2.45) is 5.92 Å². The van der Waals surface area contributed by atoms with Gasteiger partial charge in [0.05, 0.1) is 10.9 Å². The van der Waals surface area contributed by atoms with Crippen LogP contribution in [0.4, 0.5) is 4.39 Å². The molecule has 1 N–H and O–H groups in total. The fraction of sp³-hybridized carbons (Fsp3) is 0.208. The summed E-state index contributed by atoms with van der Waals surface area (Å²) in [5, 5.41) is 9.17. The number of aromatic amines is 1. The molecule has 0 amide bonds. The summed E-state index contributed by atoms with van der Waals surface area (Å²) in [4.78, 5) is 1.32. The summed E-state index contributed by atoms with van der Waals surface area (Å²) in [6.07, 6.45) is 3.66. The maximum absolute atomic E-state index is 14.2. The van der Waals surface area contributed by atoms with Crippen molar-refractivity contribution in [3.05, 3.63) is 87.5 Å². The van der Waals surface area contributed by atoms with Crippen molar-refractivity contribution in [3.63, 3.8) is 0 Å². The van der Waals surface area contributed by atoms with Crippen LogP contribution < -0.4 is 0 Å². The molecule has 0 aliphatic heterocycles.